The highest BCUT2D eigenvalue weighted by molar-refractivity contribution is 5.75. The average Bonchev–Trinajstić information content (AvgIpc) is 3.06. The quantitative estimate of drug-likeness (QED) is 0.680. The standard InChI is InChI=1S/C16H22N4O3/c1-22-13-6-4-12(5-7-13)16-19-15(23-20-16)9-8-14(21)18-11-3-2-10-17/h4-7H,2-3,8-11,17H2,1H3,(H,18,21). The fourth-order valence-corrected chi connectivity index (χ4v) is 2.02. The van der Waals surface area contributed by atoms with Gasteiger partial charge in [0.2, 0.25) is 17.6 Å². The molecule has 7 heteroatoms. The van der Waals surface area contributed by atoms with Crippen LogP contribution in [0.25, 0.3) is 11.4 Å². The van der Waals surface area contributed by atoms with Gasteiger partial charge in [-0.15, -0.1) is 0 Å². The van der Waals surface area contributed by atoms with E-state index in [2.05, 4.69) is 15.5 Å². The molecule has 124 valence electrons. The first-order valence-corrected chi connectivity index (χ1v) is 7.66. The molecule has 0 bridgehead atoms. The van der Waals surface area contributed by atoms with Gasteiger partial charge in [-0.2, -0.15) is 4.98 Å². The van der Waals surface area contributed by atoms with Crippen LogP contribution in [-0.2, 0) is 11.2 Å². The summed E-state index contributed by atoms with van der Waals surface area (Å²) in [7, 11) is 1.61. The first kappa shape index (κ1) is 17.0. The van der Waals surface area contributed by atoms with Crippen LogP contribution >= 0.6 is 0 Å². The van der Waals surface area contributed by atoms with Crippen molar-refractivity contribution in [2.75, 3.05) is 20.2 Å². The summed E-state index contributed by atoms with van der Waals surface area (Å²) in [6.45, 7) is 1.29. The van der Waals surface area contributed by atoms with Crippen LogP contribution in [0.3, 0.4) is 0 Å². The number of methoxy groups -OCH3 is 1. The molecule has 0 fully saturated rings. The molecule has 1 aromatic heterocycles. The lowest BCUT2D eigenvalue weighted by atomic mass is 10.2. The van der Waals surface area contributed by atoms with Gasteiger partial charge < -0.3 is 20.3 Å². The topological polar surface area (TPSA) is 103 Å². The van der Waals surface area contributed by atoms with E-state index in [-0.39, 0.29) is 5.91 Å². The van der Waals surface area contributed by atoms with Gasteiger partial charge in [0.15, 0.2) is 0 Å². The lowest BCUT2D eigenvalue weighted by Crippen LogP contribution is -2.25. The second-order valence-electron chi connectivity index (χ2n) is 5.09. The maximum atomic E-state index is 11.7. The highest BCUT2D eigenvalue weighted by Gasteiger charge is 2.10. The van der Waals surface area contributed by atoms with Crippen LogP contribution in [0.5, 0.6) is 5.75 Å². The predicted molar refractivity (Wildman–Crippen MR) is 85.9 cm³/mol. The zero-order chi connectivity index (χ0) is 16.5. The van der Waals surface area contributed by atoms with Crippen molar-refractivity contribution in [3.05, 3.63) is 30.2 Å². The molecule has 1 heterocycles. The molecule has 0 saturated heterocycles. The lowest BCUT2D eigenvalue weighted by molar-refractivity contribution is -0.121. The van der Waals surface area contributed by atoms with Crippen LogP contribution in [0.15, 0.2) is 28.8 Å². The van der Waals surface area contributed by atoms with E-state index in [1.807, 2.05) is 24.3 Å². The number of benzene rings is 1. The minimum atomic E-state index is -0.0220. The van der Waals surface area contributed by atoms with Gasteiger partial charge in [-0.25, -0.2) is 0 Å². The third kappa shape index (κ3) is 5.37. The van der Waals surface area contributed by atoms with Gasteiger partial charge in [-0.1, -0.05) is 5.16 Å². The van der Waals surface area contributed by atoms with Gasteiger partial charge in [0.05, 0.1) is 7.11 Å². The Bertz CT molecular complexity index is 610. The van der Waals surface area contributed by atoms with Gasteiger partial charge in [0.25, 0.3) is 0 Å². The van der Waals surface area contributed by atoms with Crippen molar-refractivity contribution in [2.45, 2.75) is 25.7 Å². The number of carbonyl (C=O) groups excluding carboxylic acids is 1. The van der Waals surface area contributed by atoms with E-state index < -0.39 is 0 Å². The smallest absolute Gasteiger partial charge is 0.227 e. The van der Waals surface area contributed by atoms with E-state index in [0.29, 0.717) is 37.6 Å². The molecular formula is C16H22N4O3. The van der Waals surface area contributed by atoms with Crippen molar-refractivity contribution in [2.24, 2.45) is 5.73 Å². The second-order valence-corrected chi connectivity index (χ2v) is 5.09. The second kappa shape index (κ2) is 8.89. The number of hydrogen-bond donors (Lipinski definition) is 2. The first-order valence-electron chi connectivity index (χ1n) is 7.66. The summed E-state index contributed by atoms with van der Waals surface area (Å²) < 4.78 is 10.3. The molecule has 0 atom stereocenters. The fraction of sp³-hybridized carbons (Fsp3) is 0.438. The van der Waals surface area contributed by atoms with Gasteiger partial charge in [-0.3, -0.25) is 4.79 Å². The van der Waals surface area contributed by atoms with Crippen LogP contribution < -0.4 is 15.8 Å². The Morgan fingerprint density at radius 1 is 1.30 bits per heavy atom. The lowest BCUT2D eigenvalue weighted by Gasteiger charge is -2.02. The third-order valence-corrected chi connectivity index (χ3v) is 3.34. The monoisotopic (exact) mass is 318 g/mol. The minimum Gasteiger partial charge on any atom is -0.497 e. The summed E-state index contributed by atoms with van der Waals surface area (Å²) in [5.41, 5.74) is 6.24. The minimum absolute atomic E-state index is 0.0220. The number of amides is 1. The molecule has 0 radical (unpaired) electrons. The fourth-order valence-electron chi connectivity index (χ4n) is 2.02. The number of carbonyl (C=O) groups is 1. The SMILES string of the molecule is COc1ccc(-c2noc(CCC(=O)NCCCCN)n2)cc1. The molecule has 23 heavy (non-hydrogen) atoms. The Balaban J connectivity index is 1.81. The van der Waals surface area contributed by atoms with E-state index in [9.17, 15) is 4.79 Å². The van der Waals surface area contributed by atoms with Gasteiger partial charge in [0, 0.05) is 24.9 Å². The van der Waals surface area contributed by atoms with Crippen molar-refractivity contribution in [3.63, 3.8) is 0 Å². The molecular weight excluding hydrogens is 296 g/mol. The zero-order valence-electron chi connectivity index (χ0n) is 13.2. The summed E-state index contributed by atoms with van der Waals surface area (Å²) in [4.78, 5) is 16.0. The van der Waals surface area contributed by atoms with Crippen LogP contribution in [0, 0.1) is 0 Å². The Labute approximate surface area is 135 Å². The van der Waals surface area contributed by atoms with Crippen molar-refractivity contribution >= 4 is 5.91 Å². The van der Waals surface area contributed by atoms with Gasteiger partial charge in [0.1, 0.15) is 5.75 Å². The molecule has 1 amide bonds. The van der Waals surface area contributed by atoms with Crippen LogP contribution in [0.2, 0.25) is 0 Å². The maximum absolute atomic E-state index is 11.7. The third-order valence-electron chi connectivity index (χ3n) is 3.34. The van der Waals surface area contributed by atoms with Crippen molar-refractivity contribution in [3.8, 4) is 17.1 Å². The number of hydrogen-bond acceptors (Lipinski definition) is 6. The Morgan fingerprint density at radius 2 is 2.09 bits per heavy atom. The van der Waals surface area contributed by atoms with E-state index in [1.165, 1.54) is 0 Å². The molecule has 0 saturated carbocycles. The molecule has 0 aliphatic carbocycles. The molecule has 2 rings (SSSR count). The molecule has 1 aromatic carbocycles. The van der Waals surface area contributed by atoms with Crippen molar-refractivity contribution in [1.29, 1.82) is 0 Å². The molecule has 7 nitrogen and oxygen atoms in total. The molecule has 0 aliphatic heterocycles. The van der Waals surface area contributed by atoms with Crippen LogP contribution in [0.4, 0.5) is 0 Å². The van der Waals surface area contributed by atoms with E-state index in [0.717, 1.165) is 24.2 Å². The zero-order valence-corrected chi connectivity index (χ0v) is 13.2. The predicted octanol–water partition coefficient (Wildman–Crippen LogP) is 1.53. The number of ether oxygens (including phenoxy) is 1. The average molecular weight is 318 g/mol. The molecule has 0 aliphatic rings. The Morgan fingerprint density at radius 3 is 2.78 bits per heavy atom. The summed E-state index contributed by atoms with van der Waals surface area (Å²) in [6.07, 6.45) is 2.55. The maximum Gasteiger partial charge on any atom is 0.227 e. The van der Waals surface area contributed by atoms with E-state index in [1.54, 1.807) is 7.11 Å². The molecule has 0 spiro atoms. The molecule has 0 unspecified atom stereocenters. The first-order chi connectivity index (χ1) is 11.2. The van der Waals surface area contributed by atoms with E-state index in [4.69, 9.17) is 15.0 Å². The van der Waals surface area contributed by atoms with Gasteiger partial charge in [-0.05, 0) is 43.7 Å². The number of aromatic nitrogens is 2. The van der Waals surface area contributed by atoms with Crippen molar-refractivity contribution in [1.82, 2.24) is 15.5 Å². The summed E-state index contributed by atoms with van der Waals surface area (Å²) in [5, 5.41) is 6.77. The Kier molecular flexibility index (Phi) is 6.56. The number of rotatable bonds is 9. The van der Waals surface area contributed by atoms with Crippen molar-refractivity contribution < 1.29 is 14.1 Å². The highest BCUT2D eigenvalue weighted by Crippen LogP contribution is 2.19. The number of nitrogens with zero attached hydrogens (tertiary/aromatic N) is 2. The number of nitrogens with two attached hydrogens (primary N) is 1. The number of unbranched alkanes of at least 4 members (excludes halogenated alkanes) is 1. The van der Waals surface area contributed by atoms with Crippen LogP contribution in [-0.4, -0.2) is 36.2 Å². The summed E-state index contributed by atoms with van der Waals surface area (Å²) >= 11 is 0. The normalized spacial score (nSPS) is 10.5. The molecule has 3 N–H and O–H groups in total. The Hall–Kier alpha value is -2.41. The highest BCUT2D eigenvalue weighted by atomic mass is 16.5. The molecule has 2 aromatic rings. The van der Waals surface area contributed by atoms with E-state index >= 15 is 0 Å². The number of aryl methyl sites for hydroxylation is 1. The summed E-state index contributed by atoms with van der Waals surface area (Å²) in [6, 6.07) is 7.38. The van der Waals surface area contributed by atoms with Crippen LogP contribution in [0.1, 0.15) is 25.2 Å². The largest absolute Gasteiger partial charge is 0.497 e. The number of nitrogens with one attached hydrogen (secondary N) is 1. The van der Waals surface area contributed by atoms with Gasteiger partial charge >= 0.3 is 0 Å². The summed E-state index contributed by atoms with van der Waals surface area (Å²) in [5.74, 6) is 1.70.